The first-order chi connectivity index (χ1) is 7.88. The maximum absolute atomic E-state index is 3.86. The molecule has 0 unspecified atom stereocenters. The van der Waals surface area contributed by atoms with Gasteiger partial charge in [0.25, 0.3) is 0 Å². The van der Waals surface area contributed by atoms with Crippen LogP contribution in [0.4, 0.5) is 0 Å². The predicted octanol–water partition coefficient (Wildman–Crippen LogP) is 1.21. The van der Waals surface area contributed by atoms with E-state index in [0.29, 0.717) is 12.4 Å². The number of tetrazole rings is 1. The number of hydrogen-bond donors (Lipinski definition) is 2. The number of aromatic nitrogens is 4. The molecule has 0 spiro atoms. The Morgan fingerprint density at radius 3 is 2.69 bits per heavy atom. The molecule has 0 saturated carbocycles. The van der Waals surface area contributed by atoms with Gasteiger partial charge in [-0.3, -0.25) is 0 Å². The first-order valence-electron chi connectivity index (χ1n) is 4.94. The summed E-state index contributed by atoms with van der Waals surface area (Å²) in [5, 5.41) is 16.9. The van der Waals surface area contributed by atoms with Gasteiger partial charge in [-0.1, -0.05) is 17.3 Å². The lowest BCUT2D eigenvalue weighted by Crippen LogP contribution is -2.13. The maximum Gasteiger partial charge on any atom is 0.188 e. The molecule has 0 saturated heterocycles. The molecule has 0 aliphatic rings. The van der Waals surface area contributed by atoms with Crippen molar-refractivity contribution in [1.29, 1.82) is 0 Å². The van der Waals surface area contributed by atoms with Gasteiger partial charge in [-0.25, -0.2) is 0 Å². The summed E-state index contributed by atoms with van der Waals surface area (Å²) in [6, 6.07) is 8.48. The van der Waals surface area contributed by atoms with Gasteiger partial charge in [0.1, 0.15) is 0 Å². The van der Waals surface area contributed by atoms with E-state index in [1.54, 1.807) is 11.8 Å². The zero-order chi connectivity index (χ0) is 11.2. The van der Waals surface area contributed by atoms with Crippen molar-refractivity contribution in [2.75, 3.05) is 6.26 Å². The standard InChI is InChI=1S/C10H13N5S/c1-16-9-4-2-8(3-5-9)6-11-7-10-12-14-15-13-10/h2-5,11H,6-7H2,1H3,(H,12,13,14,15). The fourth-order valence-electron chi connectivity index (χ4n) is 1.32. The van der Waals surface area contributed by atoms with Crippen LogP contribution >= 0.6 is 11.8 Å². The Morgan fingerprint density at radius 2 is 2.06 bits per heavy atom. The molecule has 1 aromatic carbocycles. The highest BCUT2D eigenvalue weighted by Gasteiger charge is 1.97. The smallest absolute Gasteiger partial charge is 0.188 e. The lowest BCUT2D eigenvalue weighted by atomic mass is 10.2. The number of benzene rings is 1. The summed E-state index contributed by atoms with van der Waals surface area (Å²) in [7, 11) is 0. The van der Waals surface area contributed by atoms with Crippen LogP contribution in [0.2, 0.25) is 0 Å². The monoisotopic (exact) mass is 235 g/mol. The first kappa shape index (κ1) is 11.1. The van der Waals surface area contributed by atoms with E-state index in [1.165, 1.54) is 10.5 Å². The molecule has 0 atom stereocenters. The van der Waals surface area contributed by atoms with Gasteiger partial charge in [-0.2, -0.15) is 5.21 Å². The van der Waals surface area contributed by atoms with Crippen LogP contribution in [0.15, 0.2) is 29.2 Å². The van der Waals surface area contributed by atoms with E-state index in [0.717, 1.165) is 6.54 Å². The van der Waals surface area contributed by atoms with Gasteiger partial charge in [0.05, 0.1) is 6.54 Å². The average Bonchev–Trinajstić information content (AvgIpc) is 2.83. The van der Waals surface area contributed by atoms with Crippen LogP contribution < -0.4 is 5.32 Å². The molecule has 0 aliphatic carbocycles. The predicted molar refractivity (Wildman–Crippen MR) is 62.9 cm³/mol. The van der Waals surface area contributed by atoms with E-state index in [1.807, 2.05) is 0 Å². The van der Waals surface area contributed by atoms with Crippen LogP contribution in [-0.4, -0.2) is 26.9 Å². The molecule has 6 heteroatoms. The van der Waals surface area contributed by atoms with Crippen molar-refractivity contribution in [3.8, 4) is 0 Å². The summed E-state index contributed by atoms with van der Waals surface area (Å²) < 4.78 is 0. The van der Waals surface area contributed by atoms with Crippen molar-refractivity contribution in [2.45, 2.75) is 18.0 Å². The van der Waals surface area contributed by atoms with Crippen molar-refractivity contribution < 1.29 is 0 Å². The molecule has 1 heterocycles. The molecule has 0 fully saturated rings. The fraction of sp³-hybridized carbons (Fsp3) is 0.300. The molecule has 84 valence electrons. The zero-order valence-corrected chi connectivity index (χ0v) is 9.79. The third-order valence-electron chi connectivity index (χ3n) is 2.16. The highest BCUT2D eigenvalue weighted by atomic mass is 32.2. The summed E-state index contributed by atoms with van der Waals surface area (Å²) in [6.45, 7) is 1.43. The Kier molecular flexibility index (Phi) is 3.90. The molecule has 2 aromatic rings. The average molecular weight is 235 g/mol. The van der Waals surface area contributed by atoms with Crippen molar-refractivity contribution in [2.24, 2.45) is 0 Å². The maximum atomic E-state index is 3.86. The Morgan fingerprint density at radius 1 is 1.25 bits per heavy atom. The molecule has 0 amide bonds. The Hall–Kier alpha value is -1.40. The van der Waals surface area contributed by atoms with Crippen molar-refractivity contribution in [3.63, 3.8) is 0 Å². The van der Waals surface area contributed by atoms with Crippen molar-refractivity contribution in [1.82, 2.24) is 25.9 Å². The van der Waals surface area contributed by atoms with E-state index in [-0.39, 0.29) is 0 Å². The minimum absolute atomic E-state index is 0.626. The number of nitrogens with one attached hydrogen (secondary N) is 2. The van der Waals surface area contributed by atoms with E-state index in [2.05, 4.69) is 56.5 Å². The van der Waals surface area contributed by atoms with E-state index in [9.17, 15) is 0 Å². The Labute approximate surface area is 98.0 Å². The normalized spacial score (nSPS) is 10.6. The summed E-state index contributed by atoms with van der Waals surface area (Å²) in [6.07, 6.45) is 2.07. The SMILES string of the molecule is CSc1ccc(CNCc2nn[nH]n2)cc1. The second kappa shape index (κ2) is 5.62. The molecule has 2 rings (SSSR count). The third-order valence-corrected chi connectivity index (χ3v) is 2.90. The minimum atomic E-state index is 0.626. The Bertz CT molecular complexity index is 411. The number of aromatic amines is 1. The molecule has 2 N–H and O–H groups in total. The van der Waals surface area contributed by atoms with Crippen LogP contribution in [-0.2, 0) is 13.1 Å². The Balaban J connectivity index is 1.81. The molecular weight excluding hydrogens is 222 g/mol. The van der Waals surface area contributed by atoms with Crippen LogP contribution in [0.25, 0.3) is 0 Å². The van der Waals surface area contributed by atoms with Crippen molar-refractivity contribution in [3.05, 3.63) is 35.7 Å². The van der Waals surface area contributed by atoms with E-state index in [4.69, 9.17) is 0 Å². The molecule has 0 bridgehead atoms. The highest BCUT2D eigenvalue weighted by Crippen LogP contribution is 2.14. The summed E-state index contributed by atoms with van der Waals surface area (Å²) in [5.74, 6) is 0.681. The van der Waals surface area contributed by atoms with Gasteiger partial charge >= 0.3 is 0 Å². The van der Waals surface area contributed by atoms with Gasteiger partial charge in [0.2, 0.25) is 0 Å². The summed E-state index contributed by atoms with van der Waals surface area (Å²) >= 11 is 1.75. The second-order valence-electron chi connectivity index (χ2n) is 3.28. The fourth-order valence-corrected chi connectivity index (χ4v) is 1.73. The quantitative estimate of drug-likeness (QED) is 0.763. The number of thioether (sulfide) groups is 1. The number of rotatable bonds is 5. The van der Waals surface area contributed by atoms with Gasteiger partial charge in [0.15, 0.2) is 5.82 Å². The van der Waals surface area contributed by atoms with Gasteiger partial charge in [-0.05, 0) is 24.0 Å². The third kappa shape index (κ3) is 3.04. The summed E-state index contributed by atoms with van der Waals surface area (Å²) in [4.78, 5) is 1.28. The molecule has 0 aliphatic heterocycles. The van der Waals surface area contributed by atoms with Crippen molar-refractivity contribution >= 4 is 11.8 Å². The van der Waals surface area contributed by atoms with Gasteiger partial charge < -0.3 is 5.32 Å². The van der Waals surface area contributed by atoms with Crippen LogP contribution in [0, 0.1) is 0 Å². The topological polar surface area (TPSA) is 66.5 Å². The highest BCUT2D eigenvalue weighted by molar-refractivity contribution is 7.98. The van der Waals surface area contributed by atoms with Crippen LogP contribution in [0.1, 0.15) is 11.4 Å². The number of hydrogen-bond acceptors (Lipinski definition) is 5. The van der Waals surface area contributed by atoms with E-state index < -0.39 is 0 Å². The summed E-state index contributed by atoms with van der Waals surface area (Å²) in [5.41, 5.74) is 1.25. The minimum Gasteiger partial charge on any atom is -0.306 e. The van der Waals surface area contributed by atoms with Gasteiger partial charge in [-0.15, -0.1) is 22.0 Å². The zero-order valence-electron chi connectivity index (χ0n) is 8.97. The molecular formula is C10H13N5S. The van der Waals surface area contributed by atoms with Gasteiger partial charge in [0, 0.05) is 11.4 Å². The lowest BCUT2D eigenvalue weighted by Gasteiger charge is -2.03. The first-order valence-corrected chi connectivity index (χ1v) is 6.17. The number of nitrogens with zero attached hydrogens (tertiary/aromatic N) is 3. The molecule has 0 radical (unpaired) electrons. The lowest BCUT2D eigenvalue weighted by molar-refractivity contribution is 0.663. The van der Waals surface area contributed by atoms with Crippen LogP contribution in [0.3, 0.4) is 0 Å². The van der Waals surface area contributed by atoms with E-state index >= 15 is 0 Å². The number of H-pyrrole nitrogens is 1. The molecule has 16 heavy (non-hydrogen) atoms. The second-order valence-corrected chi connectivity index (χ2v) is 4.16. The molecule has 5 nitrogen and oxygen atoms in total. The van der Waals surface area contributed by atoms with Crippen LogP contribution in [0.5, 0.6) is 0 Å². The largest absolute Gasteiger partial charge is 0.306 e. The molecule has 1 aromatic heterocycles.